The van der Waals surface area contributed by atoms with Crippen molar-refractivity contribution in [2.75, 3.05) is 12.3 Å². The van der Waals surface area contributed by atoms with Gasteiger partial charge in [0.15, 0.2) is 11.5 Å². The third-order valence-electron chi connectivity index (χ3n) is 3.24. The summed E-state index contributed by atoms with van der Waals surface area (Å²) in [7, 11) is 0. The monoisotopic (exact) mass is 237 g/mol. The molecule has 17 heavy (non-hydrogen) atoms. The summed E-state index contributed by atoms with van der Waals surface area (Å²) < 4.78 is 15.7. The summed E-state index contributed by atoms with van der Waals surface area (Å²) in [5.41, 5.74) is 5.31. The molecule has 3 rings (SSSR count). The van der Waals surface area contributed by atoms with E-state index in [0.29, 0.717) is 17.6 Å². The molecule has 0 aromatic carbocycles. The normalized spacial score (nSPS) is 27.5. The van der Waals surface area contributed by atoms with Crippen LogP contribution in [0.3, 0.4) is 0 Å². The maximum absolute atomic E-state index is 14.1. The molecule has 2 heterocycles. The zero-order valence-corrected chi connectivity index (χ0v) is 9.04. The van der Waals surface area contributed by atoms with Gasteiger partial charge in [0.2, 0.25) is 0 Å². The molecule has 1 aliphatic carbocycles. The number of anilines is 1. The zero-order chi connectivity index (χ0) is 12.0. The van der Waals surface area contributed by atoms with E-state index >= 15 is 0 Å². The number of rotatable bonds is 3. The minimum absolute atomic E-state index is 0.125. The van der Waals surface area contributed by atoms with E-state index in [2.05, 4.69) is 15.0 Å². The molecule has 7 heteroatoms. The minimum atomic E-state index is -1.35. The summed E-state index contributed by atoms with van der Waals surface area (Å²) in [6.45, 7) is 0.0193. The van der Waals surface area contributed by atoms with Crippen LogP contribution in [0.25, 0.3) is 11.2 Å². The fourth-order valence-electron chi connectivity index (χ4n) is 2.07. The molecule has 0 amide bonds. The lowest BCUT2D eigenvalue weighted by Crippen LogP contribution is -2.16. The molecule has 1 fully saturated rings. The fourth-order valence-corrected chi connectivity index (χ4v) is 2.07. The topological polar surface area (TPSA) is 89.9 Å². The van der Waals surface area contributed by atoms with Gasteiger partial charge in [-0.2, -0.15) is 0 Å². The molecule has 0 bridgehead atoms. The van der Waals surface area contributed by atoms with Crippen LogP contribution in [0, 0.1) is 5.92 Å². The highest BCUT2D eigenvalue weighted by Crippen LogP contribution is 2.48. The Labute approximate surface area is 96.3 Å². The number of hydrogen-bond donors (Lipinski definition) is 2. The van der Waals surface area contributed by atoms with Crippen molar-refractivity contribution in [3.63, 3.8) is 0 Å². The largest absolute Gasteiger partial charge is 0.396 e. The molecule has 90 valence electrons. The summed E-state index contributed by atoms with van der Waals surface area (Å²) in [6, 6.07) is 0. The van der Waals surface area contributed by atoms with Crippen LogP contribution in [0.1, 0.15) is 6.42 Å². The second-order valence-electron chi connectivity index (χ2n) is 4.42. The number of aliphatic hydroxyl groups excluding tert-OH is 1. The van der Waals surface area contributed by atoms with E-state index in [1.807, 2.05) is 0 Å². The maximum atomic E-state index is 14.1. The first-order chi connectivity index (χ1) is 8.14. The molecule has 2 aromatic rings. The van der Waals surface area contributed by atoms with Gasteiger partial charge in [-0.05, 0) is 6.42 Å². The average Bonchev–Trinajstić information content (AvgIpc) is 2.78. The van der Waals surface area contributed by atoms with E-state index in [0.717, 1.165) is 0 Å². The van der Waals surface area contributed by atoms with E-state index in [-0.39, 0.29) is 24.9 Å². The number of halogens is 1. The van der Waals surface area contributed by atoms with Crippen molar-refractivity contribution in [2.24, 2.45) is 5.92 Å². The van der Waals surface area contributed by atoms with Gasteiger partial charge in [0.05, 0.1) is 12.9 Å². The van der Waals surface area contributed by atoms with Crippen LogP contribution < -0.4 is 5.73 Å². The number of aromatic nitrogens is 4. The van der Waals surface area contributed by atoms with Crippen molar-refractivity contribution in [3.8, 4) is 0 Å². The van der Waals surface area contributed by atoms with Crippen LogP contribution in [-0.2, 0) is 6.54 Å². The highest BCUT2D eigenvalue weighted by Gasteiger charge is 2.55. The van der Waals surface area contributed by atoms with Crippen molar-refractivity contribution in [3.05, 3.63) is 12.7 Å². The number of nitrogen functional groups attached to an aromatic ring is 1. The first-order valence-electron chi connectivity index (χ1n) is 5.35. The van der Waals surface area contributed by atoms with E-state index in [9.17, 15) is 4.39 Å². The third kappa shape index (κ3) is 1.54. The van der Waals surface area contributed by atoms with E-state index < -0.39 is 5.67 Å². The number of fused-ring (bicyclic) bond motifs is 1. The first kappa shape index (κ1) is 10.4. The van der Waals surface area contributed by atoms with Crippen LogP contribution in [0.2, 0.25) is 0 Å². The summed E-state index contributed by atoms with van der Waals surface area (Å²) in [6.07, 6.45) is 3.21. The van der Waals surface area contributed by atoms with Crippen molar-refractivity contribution in [1.82, 2.24) is 19.5 Å². The second kappa shape index (κ2) is 3.36. The van der Waals surface area contributed by atoms with Gasteiger partial charge in [0.25, 0.3) is 0 Å². The smallest absolute Gasteiger partial charge is 0.165 e. The maximum Gasteiger partial charge on any atom is 0.165 e. The molecule has 2 atom stereocenters. The molecule has 6 nitrogen and oxygen atoms in total. The molecule has 3 N–H and O–H groups in total. The molecule has 2 aromatic heterocycles. The van der Waals surface area contributed by atoms with Crippen LogP contribution >= 0.6 is 0 Å². The number of nitrogens with zero attached hydrogens (tertiary/aromatic N) is 4. The predicted octanol–water partition coefficient (Wildman–Crippen LogP) is 0.129. The lowest BCUT2D eigenvalue weighted by atomic mass is 10.3. The van der Waals surface area contributed by atoms with Crippen LogP contribution in [0.4, 0.5) is 10.2 Å². The van der Waals surface area contributed by atoms with Gasteiger partial charge in [-0.15, -0.1) is 0 Å². The Morgan fingerprint density at radius 1 is 1.53 bits per heavy atom. The van der Waals surface area contributed by atoms with Crippen molar-refractivity contribution in [2.45, 2.75) is 18.6 Å². The number of nitrogens with two attached hydrogens (primary N) is 1. The number of hydrogen-bond acceptors (Lipinski definition) is 5. The van der Waals surface area contributed by atoms with E-state index in [1.165, 1.54) is 12.7 Å². The lowest BCUT2D eigenvalue weighted by Gasteiger charge is -2.08. The molecular formula is C10H12FN5O. The summed E-state index contributed by atoms with van der Waals surface area (Å²) in [4.78, 5) is 11.9. The highest BCUT2D eigenvalue weighted by molar-refractivity contribution is 5.81. The number of alkyl halides is 1. The standard InChI is InChI=1S/C10H12FN5O/c11-10(1-6(10)2-17)3-16-5-15-7-8(12)13-4-14-9(7)16/h4-6,17H,1-3H2,(H2,12,13,14)/t6-,10+/m1/s1. The third-order valence-corrected chi connectivity index (χ3v) is 3.24. The van der Waals surface area contributed by atoms with Crippen molar-refractivity contribution >= 4 is 17.0 Å². The molecule has 0 radical (unpaired) electrons. The van der Waals surface area contributed by atoms with Crippen LogP contribution in [-0.4, -0.2) is 36.9 Å². The van der Waals surface area contributed by atoms with Gasteiger partial charge >= 0.3 is 0 Å². The van der Waals surface area contributed by atoms with Crippen molar-refractivity contribution < 1.29 is 9.50 Å². The molecule has 0 spiro atoms. The van der Waals surface area contributed by atoms with Gasteiger partial charge in [-0.1, -0.05) is 0 Å². The van der Waals surface area contributed by atoms with E-state index in [4.69, 9.17) is 10.8 Å². The second-order valence-corrected chi connectivity index (χ2v) is 4.42. The highest BCUT2D eigenvalue weighted by atomic mass is 19.1. The Balaban J connectivity index is 1.94. The van der Waals surface area contributed by atoms with Crippen LogP contribution in [0.15, 0.2) is 12.7 Å². The van der Waals surface area contributed by atoms with Gasteiger partial charge in [0.1, 0.15) is 17.5 Å². The van der Waals surface area contributed by atoms with Gasteiger partial charge in [-0.3, -0.25) is 0 Å². The van der Waals surface area contributed by atoms with Gasteiger partial charge < -0.3 is 15.4 Å². The predicted molar refractivity (Wildman–Crippen MR) is 58.8 cm³/mol. The van der Waals surface area contributed by atoms with Gasteiger partial charge in [-0.25, -0.2) is 19.3 Å². The number of imidazole rings is 1. The van der Waals surface area contributed by atoms with E-state index in [1.54, 1.807) is 4.57 Å². The SMILES string of the molecule is Nc1ncnc2c1ncn2C[C@@]1(F)C[C@@H]1CO. The molecule has 0 unspecified atom stereocenters. The summed E-state index contributed by atoms with van der Waals surface area (Å²) >= 11 is 0. The summed E-state index contributed by atoms with van der Waals surface area (Å²) in [5.74, 6) is 0.00953. The summed E-state index contributed by atoms with van der Waals surface area (Å²) in [5, 5.41) is 8.92. The Morgan fingerprint density at radius 2 is 2.35 bits per heavy atom. The molecule has 0 aliphatic heterocycles. The fraction of sp³-hybridized carbons (Fsp3) is 0.500. The Bertz CT molecular complexity index is 571. The average molecular weight is 237 g/mol. The van der Waals surface area contributed by atoms with Crippen LogP contribution in [0.5, 0.6) is 0 Å². The number of aliphatic hydroxyl groups is 1. The quantitative estimate of drug-likeness (QED) is 0.791. The molecular weight excluding hydrogens is 225 g/mol. The molecule has 1 aliphatic rings. The minimum Gasteiger partial charge on any atom is -0.396 e. The Kier molecular flexibility index (Phi) is 2.06. The first-order valence-corrected chi connectivity index (χ1v) is 5.35. The van der Waals surface area contributed by atoms with Gasteiger partial charge in [0, 0.05) is 12.5 Å². The molecule has 0 saturated heterocycles. The molecule has 1 saturated carbocycles. The Hall–Kier alpha value is -1.76. The Morgan fingerprint density at radius 3 is 3.06 bits per heavy atom. The lowest BCUT2D eigenvalue weighted by molar-refractivity contribution is 0.194. The zero-order valence-electron chi connectivity index (χ0n) is 9.04. The van der Waals surface area contributed by atoms with Crippen molar-refractivity contribution in [1.29, 1.82) is 0 Å².